The molecular formula is C23H22N2O4. The van der Waals surface area contributed by atoms with Gasteiger partial charge in [-0.1, -0.05) is 72.8 Å². The third-order valence-electron chi connectivity index (χ3n) is 4.64. The summed E-state index contributed by atoms with van der Waals surface area (Å²) in [5.74, 6) is -1.07. The Labute approximate surface area is 169 Å². The van der Waals surface area contributed by atoms with Gasteiger partial charge in [0.25, 0.3) is 5.91 Å². The molecule has 1 atom stereocenters. The van der Waals surface area contributed by atoms with Crippen molar-refractivity contribution in [1.82, 2.24) is 10.8 Å². The Morgan fingerprint density at radius 3 is 1.72 bits per heavy atom. The van der Waals surface area contributed by atoms with Crippen LogP contribution in [0.25, 0.3) is 0 Å². The summed E-state index contributed by atoms with van der Waals surface area (Å²) in [5, 5.41) is 11.9. The van der Waals surface area contributed by atoms with Gasteiger partial charge in [0.2, 0.25) is 5.91 Å². The second kappa shape index (κ2) is 9.52. The minimum atomic E-state index is -1.06. The Bertz CT molecular complexity index is 904. The van der Waals surface area contributed by atoms with Gasteiger partial charge in [0, 0.05) is 0 Å². The molecule has 0 spiro atoms. The van der Waals surface area contributed by atoms with Crippen LogP contribution in [0.2, 0.25) is 0 Å². The fourth-order valence-electron chi connectivity index (χ4n) is 3.17. The number of hydroxylamine groups is 1. The molecule has 1 unspecified atom stereocenters. The summed E-state index contributed by atoms with van der Waals surface area (Å²) >= 11 is 0. The zero-order chi connectivity index (χ0) is 20.6. The van der Waals surface area contributed by atoms with E-state index in [1.54, 1.807) is 36.9 Å². The average Bonchev–Trinajstić information content (AvgIpc) is 2.78. The van der Waals surface area contributed by atoms with Crippen molar-refractivity contribution in [2.24, 2.45) is 0 Å². The smallest absolute Gasteiger partial charge is 0.270 e. The van der Waals surface area contributed by atoms with Gasteiger partial charge in [-0.25, -0.2) is 5.48 Å². The summed E-state index contributed by atoms with van der Waals surface area (Å²) in [6.07, 6.45) is 0. The van der Waals surface area contributed by atoms with E-state index in [0.29, 0.717) is 11.3 Å². The fraction of sp³-hybridized carbons (Fsp3) is 0.130. The molecule has 0 aliphatic rings. The number of methoxy groups -OCH3 is 1. The second-order valence-corrected chi connectivity index (χ2v) is 6.45. The first-order chi connectivity index (χ1) is 14.1. The summed E-state index contributed by atoms with van der Waals surface area (Å²) in [6.45, 7) is 0. The minimum Gasteiger partial charge on any atom is -0.497 e. The molecule has 6 nitrogen and oxygen atoms in total. The molecule has 148 valence electrons. The highest BCUT2D eigenvalue weighted by Gasteiger charge is 2.28. The molecule has 0 aliphatic heterocycles. The van der Waals surface area contributed by atoms with Gasteiger partial charge in [-0.15, -0.1) is 0 Å². The third kappa shape index (κ3) is 4.80. The molecule has 2 amide bonds. The van der Waals surface area contributed by atoms with E-state index in [2.05, 4.69) is 5.32 Å². The van der Waals surface area contributed by atoms with E-state index in [4.69, 9.17) is 4.74 Å². The normalized spacial score (nSPS) is 11.6. The Balaban J connectivity index is 1.94. The molecule has 3 rings (SSSR count). The van der Waals surface area contributed by atoms with Gasteiger partial charge in [-0.3, -0.25) is 14.8 Å². The zero-order valence-electron chi connectivity index (χ0n) is 15.9. The van der Waals surface area contributed by atoms with Crippen LogP contribution in [0.5, 0.6) is 5.75 Å². The molecule has 3 aromatic carbocycles. The van der Waals surface area contributed by atoms with E-state index >= 15 is 0 Å². The van der Waals surface area contributed by atoms with Crippen molar-refractivity contribution >= 4 is 11.8 Å². The van der Waals surface area contributed by atoms with Crippen LogP contribution in [-0.2, 0) is 9.59 Å². The highest BCUT2D eigenvalue weighted by Crippen LogP contribution is 2.26. The lowest BCUT2D eigenvalue weighted by Gasteiger charge is -2.22. The standard InChI is InChI=1S/C23H22N2O4/c1-29-19-14-12-18(13-15-19)21(23(27)25-28)24-22(26)20(16-8-4-2-5-9-16)17-10-6-3-7-11-17/h2-15,20-21,28H,1H3,(H,24,26)(H,25,27). The van der Waals surface area contributed by atoms with Gasteiger partial charge in [0.1, 0.15) is 11.8 Å². The lowest BCUT2D eigenvalue weighted by atomic mass is 9.90. The Kier molecular flexibility index (Phi) is 6.60. The summed E-state index contributed by atoms with van der Waals surface area (Å²) < 4.78 is 5.13. The summed E-state index contributed by atoms with van der Waals surface area (Å²) in [4.78, 5) is 25.6. The molecule has 0 saturated heterocycles. The van der Waals surface area contributed by atoms with Crippen molar-refractivity contribution in [3.8, 4) is 5.75 Å². The van der Waals surface area contributed by atoms with Crippen molar-refractivity contribution in [3.05, 3.63) is 102 Å². The van der Waals surface area contributed by atoms with Gasteiger partial charge >= 0.3 is 0 Å². The molecule has 0 radical (unpaired) electrons. The highest BCUT2D eigenvalue weighted by molar-refractivity contribution is 5.92. The Morgan fingerprint density at radius 2 is 1.28 bits per heavy atom. The highest BCUT2D eigenvalue weighted by atomic mass is 16.5. The van der Waals surface area contributed by atoms with Crippen molar-refractivity contribution in [2.75, 3.05) is 7.11 Å². The van der Waals surface area contributed by atoms with Crippen LogP contribution in [0.4, 0.5) is 0 Å². The number of benzene rings is 3. The molecule has 6 heteroatoms. The van der Waals surface area contributed by atoms with Gasteiger partial charge in [-0.2, -0.15) is 0 Å². The van der Waals surface area contributed by atoms with Crippen LogP contribution in [0.15, 0.2) is 84.9 Å². The van der Waals surface area contributed by atoms with Crippen molar-refractivity contribution in [2.45, 2.75) is 12.0 Å². The molecule has 0 bridgehead atoms. The summed E-state index contributed by atoms with van der Waals surface area (Å²) in [6, 6.07) is 24.3. The molecule has 3 aromatic rings. The predicted molar refractivity (Wildman–Crippen MR) is 109 cm³/mol. The number of hydrogen-bond donors (Lipinski definition) is 3. The number of hydrogen-bond acceptors (Lipinski definition) is 4. The van der Waals surface area contributed by atoms with Crippen LogP contribution < -0.4 is 15.5 Å². The van der Waals surface area contributed by atoms with E-state index in [9.17, 15) is 14.8 Å². The van der Waals surface area contributed by atoms with Gasteiger partial charge < -0.3 is 10.1 Å². The van der Waals surface area contributed by atoms with E-state index in [1.807, 2.05) is 60.7 Å². The largest absolute Gasteiger partial charge is 0.497 e. The molecule has 0 saturated carbocycles. The summed E-state index contributed by atoms with van der Waals surface area (Å²) in [7, 11) is 1.54. The van der Waals surface area contributed by atoms with E-state index in [0.717, 1.165) is 11.1 Å². The molecule has 0 fully saturated rings. The lowest BCUT2D eigenvalue weighted by molar-refractivity contribution is -0.135. The Morgan fingerprint density at radius 1 is 0.759 bits per heavy atom. The minimum absolute atomic E-state index is 0.355. The third-order valence-corrected chi connectivity index (χ3v) is 4.64. The van der Waals surface area contributed by atoms with E-state index < -0.39 is 17.9 Å². The molecule has 29 heavy (non-hydrogen) atoms. The first-order valence-electron chi connectivity index (χ1n) is 9.12. The predicted octanol–water partition coefficient (Wildman–Crippen LogP) is 3.19. The SMILES string of the molecule is COc1ccc(C(NC(=O)C(c2ccccc2)c2ccccc2)C(=O)NO)cc1. The van der Waals surface area contributed by atoms with Crippen LogP contribution >= 0.6 is 0 Å². The van der Waals surface area contributed by atoms with Crippen LogP contribution in [-0.4, -0.2) is 24.1 Å². The maximum Gasteiger partial charge on any atom is 0.270 e. The maximum atomic E-state index is 13.3. The quantitative estimate of drug-likeness (QED) is 0.427. The second-order valence-electron chi connectivity index (χ2n) is 6.45. The van der Waals surface area contributed by atoms with Crippen LogP contribution in [0.1, 0.15) is 28.7 Å². The Hall–Kier alpha value is -3.64. The topological polar surface area (TPSA) is 87.7 Å². The number of ether oxygens (including phenoxy) is 1. The van der Waals surface area contributed by atoms with Gasteiger partial charge in [0.15, 0.2) is 0 Å². The van der Waals surface area contributed by atoms with Crippen molar-refractivity contribution < 1.29 is 19.5 Å². The lowest BCUT2D eigenvalue weighted by Crippen LogP contribution is -2.41. The van der Waals surface area contributed by atoms with Crippen LogP contribution in [0.3, 0.4) is 0 Å². The van der Waals surface area contributed by atoms with E-state index in [1.165, 1.54) is 0 Å². The number of nitrogens with one attached hydrogen (secondary N) is 2. The molecule has 0 heterocycles. The van der Waals surface area contributed by atoms with Gasteiger partial charge in [0.05, 0.1) is 13.0 Å². The monoisotopic (exact) mass is 390 g/mol. The number of carbonyl (C=O) groups excluding carboxylic acids is 2. The fourth-order valence-corrected chi connectivity index (χ4v) is 3.17. The van der Waals surface area contributed by atoms with Gasteiger partial charge in [-0.05, 0) is 28.8 Å². The average molecular weight is 390 g/mol. The number of rotatable bonds is 7. The first-order valence-corrected chi connectivity index (χ1v) is 9.12. The first kappa shape index (κ1) is 20.1. The zero-order valence-corrected chi connectivity index (χ0v) is 15.9. The summed E-state index contributed by atoms with van der Waals surface area (Å²) in [5.41, 5.74) is 3.75. The molecular weight excluding hydrogens is 368 g/mol. The molecule has 3 N–H and O–H groups in total. The number of carbonyl (C=O) groups is 2. The van der Waals surface area contributed by atoms with Crippen LogP contribution in [0, 0.1) is 0 Å². The number of amides is 2. The van der Waals surface area contributed by atoms with Crippen molar-refractivity contribution in [3.63, 3.8) is 0 Å². The molecule has 0 aliphatic carbocycles. The van der Waals surface area contributed by atoms with Crippen molar-refractivity contribution in [1.29, 1.82) is 0 Å². The molecule has 0 aromatic heterocycles. The maximum absolute atomic E-state index is 13.3. The van der Waals surface area contributed by atoms with E-state index in [-0.39, 0.29) is 5.91 Å².